The molecule has 0 saturated carbocycles. The van der Waals surface area contributed by atoms with Gasteiger partial charge in [-0.2, -0.15) is 0 Å². The van der Waals surface area contributed by atoms with Crippen molar-refractivity contribution in [3.8, 4) is 5.75 Å². The molecule has 3 heteroatoms. The first-order chi connectivity index (χ1) is 8.97. The minimum absolute atomic E-state index is 0.299. The zero-order valence-electron chi connectivity index (χ0n) is 12.5. The second kappa shape index (κ2) is 7.17. The molecule has 106 valence electrons. The van der Waals surface area contributed by atoms with Gasteiger partial charge in [-0.15, -0.1) is 0 Å². The standard InChI is InChI=1S/C16H24O3/c1-6-10-18-16(17)19-15-13(11(2)3)8-7-9-14(15)12(4)5/h7-9,11-12H,6,10H2,1-5H3. The minimum Gasteiger partial charge on any atom is -0.434 e. The monoisotopic (exact) mass is 264 g/mol. The number of para-hydroxylation sites is 1. The maximum absolute atomic E-state index is 11.7. The first kappa shape index (κ1) is 15.5. The minimum atomic E-state index is -0.614. The van der Waals surface area contributed by atoms with E-state index in [1.165, 1.54) is 0 Å². The number of carbonyl (C=O) groups excluding carboxylic acids is 1. The van der Waals surface area contributed by atoms with Gasteiger partial charge in [0.25, 0.3) is 0 Å². The average Bonchev–Trinajstić information content (AvgIpc) is 2.35. The number of carbonyl (C=O) groups is 1. The summed E-state index contributed by atoms with van der Waals surface area (Å²) < 4.78 is 10.4. The van der Waals surface area contributed by atoms with E-state index in [1.807, 2.05) is 25.1 Å². The van der Waals surface area contributed by atoms with Crippen LogP contribution in [0, 0.1) is 0 Å². The Morgan fingerprint density at radius 2 is 1.63 bits per heavy atom. The van der Waals surface area contributed by atoms with Gasteiger partial charge < -0.3 is 9.47 Å². The van der Waals surface area contributed by atoms with Crippen LogP contribution < -0.4 is 4.74 Å². The van der Waals surface area contributed by atoms with E-state index in [0.29, 0.717) is 24.2 Å². The summed E-state index contributed by atoms with van der Waals surface area (Å²) in [6.45, 7) is 10.7. The molecule has 0 fully saturated rings. The number of hydrogen-bond acceptors (Lipinski definition) is 3. The number of rotatable bonds is 5. The SMILES string of the molecule is CCCOC(=O)Oc1c(C(C)C)cccc1C(C)C. The quantitative estimate of drug-likeness (QED) is 0.563. The molecule has 0 saturated heterocycles. The average molecular weight is 264 g/mol. The normalized spacial score (nSPS) is 10.9. The Morgan fingerprint density at radius 1 is 1.11 bits per heavy atom. The highest BCUT2D eigenvalue weighted by atomic mass is 16.7. The molecule has 0 unspecified atom stereocenters. The third-order valence-corrected chi connectivity index (χ3v) is 2.93. The molecule has 1 aromatic rings. The molecule has 0 aliphatic heterocycles. The molecule has 0 bridgehead atoms. The molecular formula is C16H24O3. The smallest absolute Gasteiger partial charge is 0.434 e. The van der Waals surface area contributed by atoms with Crippen molar-refractivity contribution in [3.05, 3.63) is 29.3 Å². The lowest BCUT2D eigenvalue weighted by Crippen LogP contribution is -2.14. The van der Waals surface area contributed by atoms with E-state index >= 15 is 0 Å². The van der Waals surface area contributed by atoms with Gasteiger partial charge in [0.05, 0.1) is 6.61 Å². The molecule has 0 radical (unpaired) electrons. The molecule has 19 heavy (non-hydrogen) atoms. The zero-order chi connectivity index (χ0) is 14.4. The van der Waals surface area contributed by atoms with Crippen LogP contribution in [-0.2, 0) is 4.74 Å². The van der Waals surface area contributed by atoms with Gasteiger partial charge in [-0.1, -0.05) is 52.8 Å². The Bertz CT molecular complexity index is 396. The number of ether oxygens (including phenoxy) is 2. The maximum atomic E-state index is 11.7. The predicted molar refractivity (Wildman–Crippen MR) is 76.9 cm³/mol. The second-order valence-corrected chi connectivity index (χ2v) is 5.28. The predicted octanol–water partition coefficient (Wildman–Crippen LogP) is 4.86. The van der Waals surface area contributed by atoms with Gasteiger partial charge in [-0.3, -0.25) is 0 Å². The third-order valence-electron chi connectivity index (χ3n) is 2.93. The van der Waals surface area contributed by atoms with Crippen LogP contribution in [0.15, 0.2) is 18.2 Å². The first-order valence-corrected chi connectivity index (χ1v) is 6.94. The van der Waals surface area contributed by atoms with Gasteiger partial charge in [0, 0.05) is 0 Å². The number of hydrogen-bond donors (Lipinski definition) is 0. The van der Waals surface area contributed by atoms with Gasteiger partial charge in [0.1, 0.15) is 5.75 Å². The largest absolute Gasteiger partial charge is 0.513 e. The molecule has 0 aliphatic carbocycles. The third kappa shape index (κ3) is 4.27. The van der Waals surface area contributed by atoms with E-state index in [2.05, 4.69) is 27.7 Å². The summed E-state index contributed by atoms with van der Waals surface area (Å²) in [5.41, 5.74) is 2.08. The van der Waals surface area contributed by atoms with Crippen LogP contribution in [0.3, 0.4) is 0 Å². The van der Waals surface area contributed by atoms with Crippen LogP contribution in [0.1, 0.15) is 64.0 Å². The second-order valence-electron chi connectivity index (χ2n) is 5.28. The van der Waals surface area contributed by atoms with Gasteiger partial charge in [-0.05, 0) is 29.4 Å². The van der Waals surface area contributed by atoms with Crippen LogP contribution in [0.25, 0.3) is 0 Å². The Kier molecular flexibility index (Phi) is 5.87. The lowest BCUT2D eigenvalue weighted by molar-refractivity contribution is 0.0983. The fourth-order valence-electron chi connectivity index (χ4n) is 1.90. The van der Waals surface area contributed by atoms with Crippen LogP contribution in [-0.4, -0.2) is 12.8 Å². The molecule has 0 amide bonds. The lowest BCUT2D eigenvalue weighted by atomic mass is 9.94. The zero-order valence-corrected chi connectivity index (χ0v) is 12.5. The molecule has 1 rings (SSSR count). The van der Waals surface area contributed by atoms with E-state index < -0.39 is 6.16 Å². The van der Waals surface area contributed by atoms with Crippen molar-refractivity contribution >= 4 is 6.16 Å². The number of benzene rings is 1. The van der Waals surface area contributed by atoms with Crippen LogP contribution in [0.5, 0.6) is 5.75 Å². The molecule has 0 heterocycles. The Labute approximate surface area is 115 Å². The first-order valence-electron chi connectivity index (χ1n) is 6.94. The summed E-state index contributed by atoms with van der Waals surface area (Å²) >= 11 is 0. The van der Waals surface area contributed by atoms with E-state index in [9.17, 15) is 4.79 Å². The lowest BCUT2D eigenvalue weighted by Gasteiger charge is -2.18. The molecule has 0 atom stereocenters. The molecule has 1 aromatic carbocycles. The van der Waals surface area contributed by atoms with E-state index in [4.69, 9.17) is 9.47 Å². The van der Waals surface area contributed by atoms with Crippen molar-refractivity contribution in [2.24, 2.45) is 0 Å². The topological polar surface area (TPSA) is 35.5 Å². The molecule has 0 aliphatic rings. The summed E-state index contributed by atoms with van der Waals surface area (Å²) in [5.74, 6) is 1.26. The molecule has 0 spiro atoms. The van der Waals surface area contributed by atoms with Crippen LogP contribution in [0.4, 0.5) is 4.79 Å². The van der Waals surface area contributed by atoms with Crippen molar-refractivity contribution in [1.82, 2.24) is 0 Å². The highest BCUT2D eigenvalue weighted by Crippen LogP contribution is 2.34. The van der Waals surface area contributed by atoms with Crippen molar-refractivity contribution in [2.45, 2.75) is 52.9 Å². The Balaban J connectivity index is 3.04. The molecule has 3 nitrogen and oxygen atoms in total. The van der Waals surface area contributed by atoms with Crippen molar-refractivity contribution in [1.29, 1.82) is 0 Å². The molecule has 0 N–H and O–H groups in total. The van der Waals surface area contributed by atoms with Crippen molar-refractivity contribution in [2.75, 3.05) is 6.61 Å². The fourth-order valence-corrected chi connectivity index (χ4v) is 1.90. The van der Waals surface area contributed by atoms with Gasteiger partial charge in [0.2, 0.25) is 0 Å². The highest BCUT2D eigenvalue weighted by molar-refractivity contribution is 5.66. The van der Waals surface area contributed by atoms with E-state index in [1.54, 1.807) is 0 Å². The van der Waals surface area contributed by atoms with Gasteiger partial charge in [-0.25, -0.2) is 4.79 Å². The summed E-state index contributed by atoms with van der Waals surface area (Å²) in [6.07, 6.45) is 0.176. The highest BCUT2D eigenvalue weighted by Gasteiger charge is 2.18. The Hall–Kier alpha value is -1.51. The van der Waals surface area contributed by atoms with Gasteiger partial charge in [0.15, 0.2) is 0 Å². The van der Waals surface area contributed by atoms with Crippen LogP contribution >= 0.6 is 0 Å². The summed E-state index contributed by atoms with van der Waals surface area (Å²) in [5, 5.41) is 0. The van der Waals surface area contributed by atoms with E-state index in [-0.39, 0.29) is 0 Å². The fraction of sp³-hybridized carbons (Fsp3) is 0.562. The summed E-state index contributed by atoms with van der Waals surface area (Å²) in [6, 6.07) is 6.01. The van der Waals surface area contributed by atoms with Crippen molar-refractivity contribution < 1.29 is 14.3 Å². The molecular weight excluding hydrogens is 240 g/mol. The summed E-state index contributed by atoms with van der Waals surface area (Å²) in [4.78, 5) is 11.7. The molecule has 0 aromatic heterocycles. The van der Waals surface area contributed by atoms with Gasteiger partial charge >= 0.3 is 6.16 Å². The summed E-state index contributed by atoms with van der Waals surface area (Å²) in [7, 11) is 0. The van der Waals surface area contributed by atoms with E-state index in [0.717, 1.165) is 17.5 Å². The maximum Gasteiger partial charge on any atom is 0.513 e. The van der Waals surface area contributed by atoms with Crippen molar-refractivity contribution in [3.63, 3.8) is 0 Å². The Morgan fingerprint density at radius 3 is 2.05 bits per heavy atom. The van der Waals surface area contributed by atoms with Crippen LogP contribution in [0.2, 0.25) is 0 Å².